The molecular weight excluding hydrogens is 260 g/mol. The lowest BCUT2D eigenvalue weighted by atomic mass is 9.81. The maximum absolute atomic E-state index is 9.90. The van der Waals surface area contributed by atoms with Crippen LogP contribution in [0, 0.1) is 0 Å². The fourth-order valence-corrected chi connectivity index (χ4v) is 2.78. The summed E-state index contributed by atoms with van der Waals surface area (Å²) in [6.07, 6.45) is 0.926. The Morgan fingerprint density at radius 3 is 2.10 bits per heavy atom. The molecule has 0 spiro atoms. The van der Waals surface area contributed by atoms with E-state index in [1.165, 1.54) is 5.56 Å². The Hall–Kier alpha value is -1.64. The normalized spacial score (nSPS) is 15.4. The molecule has 2 rings (SSSR count). The lowest BCUT2D eigenvalue weighted by Crippen LogP contribution is -2.39. The average molecular weight is 284 g/mol. The second-order valence-electron chi connectivity index (χ2n) is 5.62. The van der Waals surface area contributed by atoms with E-state index in [1.807, 2.05) is 55.5 Å². The Bertz CT molecular complexity index is 524. The van der Waals surface area contributed by atoms with Crippen molar-refractivity contribution in [3.8, 4) is 0 Å². The van der Waals surface area contributed by atoms with Gasteiger partial charge in [0.2, 0.25) is 0 Å². The van der Waals surface area contributed by atoms with Crippen molar-refractivity contribution in [3.63, 3.8) is 0 Å². The molecule has 0 aromatic heterocycles. The molecular formula is C19H24O2. The highest BCUT2D eigenvalue weighted by atomic mass is 16.5. The number of aliphatic hydroxyl groups is 1. The van der Waals surface area contributed by atoms with E-state index < -0.39 is 5.60 Å². The molecule has 2 aromatic carbocycles. The first-order valence-corrected chi connectivity index (χ1v) is 7.53. The van der Waals surface area contributed by atoms with Crippen LogP contribution >= 0.6 is 0 Å². The molecule has 1 N–H and O–H groups in total. The van der Waals surface area contributed by atoms with Crippen LogP contribution in [0.5, 0.6) is 0 Å². The van der Waals surface area contributed by atoms with Gasteiger partial charge in [0, 0.05) is 5.92 Å². The summed E-state index contributed by atoms with van der Waals surface area (Å²) >= 11 is 0. The molecule has 112 valence electrons. The highest BCUT2D eigenvalue weighted by Crippen LogP contribution is 2.34. The fourth-order valence-electron chi connectivity index (χ4n) is 2.78. The van der Waals surface area contributed by atoms with Gasteiger partial charge in [-0.15, -0.1) is 0 Å². The highest BCUT2D eigenvalue weighted by molar-refractivity contribution is 5.23. The lowest BCUT2D eigenvalue weighted by molar-refractivity contribution is -0.0946. The Balaban J connectivity index is 2.15. The van der Waals surface area contributed by atoms with Gasteiger partial charge in [0.05, 0.1) is 18.8 Å². The van der Waals surface area contributed by atoms with Crippen molar-refractivity contribution in [3.05, 3.63) is 71.8 Å². The molecule has 2 aromatic rings. The summed E-state index contributed by atoms with van der Waals surface area (Å²) in [4.78, 5) is 0. The molecule has 0 saturated heterocycles. The van der Waals surface area contributed by atoms with E-state index in [0.29, 0.717) is 6.61 Å². The van der Waals surface area contributed by atoms with Crippen molar-refractivity contribution in [2.24, 2.45) is 0 Å². The quantitative estimate of drug-likeness (QED) is 0.827. The van der Waals surface area contributed by atoms with Crippen molar-refractivity contribution in [1.29, 1.82) is 0 Å². The van der Waals surface area contributed by atoms with Crippen molar-refractivity contribution in [2.45, 2.75) is 38.4 Å². The smallest absolute Gasteiger partial charge is 0.0956 e. The van der Waals surface area contributed by atoms with Gasteiger partial charge in [0.25, 0.3) is 0 Å². The Morgan fingerprint density at radius 1 is 1.00 bits per heavy atom. The monoisotopic (exact) mass is 284 g/mol. The summed E-state index contributed by atoms with van der Waals surface area (Å²) in [6.45, 7) is 4.66. The van der Waals surface area contributed by atoms with E-state index in [9.17, 15) is 5.11 Å². The van der Waals surface area contributed by atoms with Crippen LogP contribution < -0.4 is 0 Å². The standard InChI is InChI=1S/C19H24O2/c1-3-18(17-12-8-5-9-13-17)19(2,15-20)21-14-16-10-6-4-7-11-16/h4-13,18,20H,3,14-15H2,1-2H3/t18-,19+/m1/s1. The lowest BCUT2D eigenvalue weighted by Gasteiger charge is -2.36. The largest absolute Gasteiger partial charge is 0.393 e. The molecule has 0 aliphatic heterocycles. The van der Waals surface area contributed by atoms with Gasteiger partial charge in [-0.25, -0.2) is 0 Å². The topological polar surface area (TPSA) is 29.5 Å². The molecule has 0 bridgehead atoms. The van der Waals surface area contributed by atoms with Crippen LogP contribution in [0.2, 0.25) is 0 Å². The van der Waals surface area contributed by atoms with Gasteiger partial charge >= 0.3 is 0 Å². The molecule has 0 radical (unpaired) electrons. The second kappa shape index (κ2) is 7.39. The first kappa shape index (κ1) is 15.7. The van der Waals surface area contributed by atoms with Crippen molar-refractivity contribution < 1.29 is 9.84 Å². The minimum Gasteiger partial charge on any atom is -0.393 e. The average Bonchev–Trinajstić information content (AvgIpc) is 2.55. The summed E-state index contributed by atoms with van der Waals surface area (Å²) < 4.78 is 6.12. The van der Waals surface area contributed by atoms with E-state index >= 15 is 0 Å². The zero-order valence-corrected chi connectivity index (χ0v) is 12.8. The molecule has 21 heavy (non-hydrogen) atoms. The predicted octanol–water partition coefficient (Wildman–Crippen LogP) is 4.15. The minimum absolute atomic E-state index is 0.00718. The van der Waals surface area contributed by atoms with Crippen LogP contribution in [0.1, 0.15) is 37.3 Å². The summed E-state index contributed by atoms with van der Waals surface area (Å²) in [6, 6.07) is 20.4. The first-order chi connectivity index (χ1) is 10.2. The molecule has 0 aliphatic carbocycles. The summed E-state index contributed by atoms with van der Waals surface area (Å²) in [5, 5.41) is 9.90. The third kappa shape index (κ3) is 3.93. The van der Waals surface area contributed by atoms with Crippen LogP contribution in [-0.2, 0) is 11.3 Å². The van der Waals surface area contributed by atoms with Gasteiger partial charge < -0.3 is 9.84 Å². The number of ether oxygens (including phenoxy) is 1. The Kier molecular flexibility index (Phi) is 5.54. The van der Waals surface area contributed by atoms with E-state index in [0.717, 1.165) is 12.0 Å². The van der Waals surface area contributed by atoms with Crippen molar-refractivity contribution in [2.75, 3.05) is 6.61 Å². The van der Waals surface area contributed by atoms with Gasteiger partial charge in [-0.2, -0.15) is 0 Å². The van der Waals surface area contributed by atoms with Gasteiger partial charge in [-0.1, -0.05) is 67.6 Å². The van der Waals surface area contributed by atoms with Crippen LogP contribution in [0.25, 0.3) is 0 Å². The number of aliphatic hydroxyl groups excluding tert-OH is 1. The predicted molar refractivity (Wildman–Crippen MR) is 86.2 cm³/mol. The summed E-state index contributed by atoms with van der Waals surface area (Å²) in [7, 11) is 0. The van der Waals surface area contributed by atoms with E-state index in [1.54, 1.807) is 0 Å². The van der Waals surface area contributed by atoms with Crippen LogP contribution in [-0.4, -0.2) is 17.3 Å². The van der Waals surface area contributed by atoms with Crippen molar-refractivity contribution >= 4 is 0 Å². The third-order valence-corrected chi connectivity index (χ3v) is 4.07. The van der Waals surface area contributed by atoms with E-state index in [2.05, 4.69) is 19.1 Å². The molecule has 2 atom stereocenters. The minimum atomic E-state index is -0.577. The third-order valence-electron chi connectivity index (χ3n) is 4.07. The number of hydrogen-bond acceptors (Lipinski definition) is 2. The van der Waals surface area contributed by atoms with E-state index in [-0.39, 0.29) is 12.5 Å². The molecule has 0 amide bonds. The van der Waals surface area contributed by atoms with Crippen LogP contribution in [0.3, 0.4) is 0 Å². The Morgan fingerprint density at radius 2 is 1.57 bits per heavy atom. The Labute approximate surface area is 127 Å². The zero-order valence-electron chi connectivity index (χ0n) is 12.8. The number of rotatable bonds is 7. The maximum Gasteiger partial charge on any atom is 0.0956 e. The molecule has 0 heterocycles. The molecule has 0 saturated carbocycles. The maximum atomic E-state index is 9.90. The summed E-state index contributed by atoms with van der Waals surface area (Å²) in [5.74, 6) is 0.174. The van der Waals surface area contributed by atoms with E-state index in [4.69, 9.17) is 4.74 Å². The number of benzene rings is 2. The molecule has 0 unspecified atom stereocenters. The first-order valence-electron chi connectivity index (χ1n) is 7.53. The summed E-state index contributed by atoms with van der Waals surface area (Å²) in [5.41, 5.74) is 1.76. The highest BCUT2D eigenvalue weighted by Gasteiger charge is 2.34. The SMILES string of the molecule is CC[C@H](c1ccccc1)[C@](C)(CO)OCc1ccccc1. The molecule has 2 heteroatoms. The molecule has 0 aliphatic rings. The number of hydrogen-bond donors (Lipinski definition) is 1. The van der Waals surface area contributed by atoms with Gasteiger partial charge in [-0.05, 0) is 24.5 Å². The fraction of sp³-hybridized carbons (Fsp3) is 0.368. The molecule has 0 fully saturated rings. The van der Waals surface area contributed by atoms with Crippen LogP contribution in [0.4, 0.5) is 0 Å². The second-order valence-corrected chi connectivity index (χ2v) is 5.62. The van der Waals surface area contributed by atoms with Gasteiger partial charge in [0.1, 0.15) is 0 Å². The van der Waals surface area contributed by atoms with Gasteiger partial charge in [-0.3, -0.25) is 0 Å². The van der Waals surface area contributed by atoms with Gasteiger partial charge in [0.15, 0.2) is 0 Å². The molecule has 2 nitrogen and oxygen atoms in total. The zero-order chi connectivity index (χ0) is 15.1. The van der Waals surface area contributed by atoms with Crippen molar-refractivity contribution in [1.82, 2.24) is 0 Å². The van der Waals surface area contributed by atoms with Crippen LogP contribution in [0.15, 0.2) is 60.7 Å².